The van der Waals surface area contributed by atoms with Gasteiger partial charge in [0.15, 0.2) is 0 Å². The lowest BCUT2D eigenvalue weighted by Gasteiger charge is -2.14. The van der Waals surface area contributed by atoms with Crippen LogP contribution >= 0.6 is 11.6 Å². The zero-order valence-corrected chi connectivity index (χ0v) is 13.0. The van der Waals surface area contributed by atoms with Gasteiger partial charge in [-0.1, -0.05) is 32.4 Å². The molecule has 0 unspecified atom stereocenters. The van der Waals surface area contributed by atoms with Crippen LogP contribution in [0, 0.1) is 5.92 Å². The fourth-order valence-electron chi connectivity index (χ4n) is 1.47. The largest absolute Gasteiger partial charge is 0.350 e. The Morgan fingerprint density at radius 2 is 1.90 bits per heavy atom. The average Bonchev–Trinajstić information content (AvgIpc) is 2.40. The minimum Gasteiger partial charge on any atom is -0.350 e. The van der Waals surface area contributed by atoms with Gasteiger partial charge >= 0.3 is 0 Å². The van der Waals surface area contributed by atoms with Crippen LogP contribution in [0.1, 0.15) is 44.5 Å². The first-order valence-electron chi connectivity index (χ1n) is 6.76. The molecule has 0 saturated heterocycles. The van der Waals surface area contributed by atoms with Gasteiger partial charge in [0.25, 0.3) is 5.91 Å². The molecule has 2 amide bonds. The molecule has 0 aliphatic rings. The number of hydrogen-bond donors (Lipinski definition) is 2. The molecule has 0 spiro atoms. The van der Waals surface area contributed by atoms with Crippen molar-refractivity contribution in [3.8, 4) is 0 Å². The molecule has 0 radical (unpaired) electrons. The molecule has 5 heteroatoms. The van der Waals surface area contributed by atoms with Gasteiger partial charge in [0, 0.05) is 17.6 Å². The van der Waals surface area contributed by atoms with Gasteiger partial charge < -0.3 is 10.6 Å². The molecule has 0 aliphatic carbocycles. The molecule has 2 N–H and O–H groups in total. The van der Waals surface area contributed by atoms with Crippen molar-refractivity contribution in [2.75, 3.05) is 5.32 Å². The van der Waals surface area contributed by atoms with Crippen molar-refractivity contribution in [2.45, 2.75) is 40.2 Å². The monoisotopic (exact) mass is 296 g/mol. The lowest BCUT2D eigenvalue weighted by molar-refractivity contribution is -0.118. The fraction of sp³-hybridized carbons (Fsp3) is 0.467. The highest BCUT2D eigenvalue weighted by Crippen LogP contribution is 2.21. The first kappa shape index (κ1) is 16.5. The summed E-state index contributed by atoms with van der Waals surface area (Å²) in [6.45, 7) is 7.53. The summed E-state index contributed by atoms with van der Waals surface area (Å²) in [7, 11) is 0. The van der Waals surface area contributed by atoms with Crippen LogP contribution in [0.4, 0.5) is 5.69 Å². The Bertz CT molecular complexity index is 501. The number of carbonyl (C=O) groups excluding carboxylic acids is 2. The van der Waals surface area contributed by atoms with E-state index in [1.807, 2.05) is 27.7 Å². The topological polar surface area (TPSA) is 58.2 Å². The Balaban J connectivity index is 2.91. The van der Waals surface area contributed by atoms with Crippen molar-refractivity contribution in [2.24, 2.45) is 5.92 Å². The third kappa shape index (κ3) is 4.53. The standard InChI is InChI=1S/C15H21ClN2O2/c1-5-10(4)17-15(20)12-8-11(6-7-13(12)16)18-14(19)9(2)3/h6-10H,5H2,1-4H3,(H,17,20)(H,18,19)/t10-/m0/s1. The maximum absolute atomic E-state index is 12.1. The summed E-state index contributed by atoms with van der Waals surface area (Å²) >= 11 is 6.04. The SMILES string of the molecule is CC[C@H](C)NC(=O)c1cc(NC(=O)C(C)C)ccc1Cl. The Labute approximate surface area is 124 Å². The third-order valence-corrected chi connectivity index (χ3v) is 3.32. The van der Waals surface area contributed by atoms with Gasteiger partial charge in [0.1, 0.15) is 0 Å². The molecular formula is C15H21ClN2O2. The summed E-state index contributed by atoms with van der Waals surface area (Å²) in [5.41, 5.74) is 0.941. The van der Waals surface area contributed by atoms with Crippen LogP contribution in [0.2, 0.25) is 5.02 Å². The van der Waals surface area contributed by atoms with E-state index in [4.69, 9.17) is 11.6 Å². The number of anilines is 1. The minimum atomic E-state index is -0.231. The van der Waals surface area contributed by atoms with E-state index < -0.39 is 0 Å². The number of rotatable bonds is 5. The van der Waals surface area contributed by atoms with E-state index in [-0.39, 0.29) is 23.8 Å². The van der Waals surface area contributed by atoms with Crippen molar-refractivity contribution < 1.29 is 9.59 Å². The molecule has 0 aromatic heterocycles. The second kappa shape index (κ2) is 7.29. The van der Waals surface area contributed by atoms with Crippen LogP contribution in [0.3, 0.4) is 0 Å². The van der Waals surface area contributed by atoms with Crippen molar-refractivity contribution in [3.05, 3.63) is 28.8 Å². The van der Waals surface area contributed by atoms with Gasteiger partial charge in [-0.05, 0) is 31.5 Å². The molecule has 110 valence electrons. The molecule has 20 heavy (non-hydrogen) atoms. The fourth-order valence-corrected chi connectivity index (χ4v) is 1.67. The van der Waals surface area contributed by atoms with E-state index in [9.17, 15) is 9.59 Å². The van der Waals surface area contributed by atoms with Gasteiger partial charge in [-0.3, -0.25) is 9.59 Å². The van der Waals surface area contributed by atoms with Gasteiger partial charge in [-0.2, -0.15) is 0 Å². The number of amides is 2. The van der Waals surface area contributed by atoms with E-state index in [0.717, 1.165) is 6.42 Å². The average molecular weight is 297 g/mol. The molecule has 0 saturated carbocycles. The predicted octanol–water partition coefficient (Wildman–Crippen LogP) is 3.46. The molecule has 1 aromatic carbocycles. The van der Waals surface area contributed by atoms with Crippen LogP contribution in [-0.2, 0) is 4.79 Å². The quantitative estimate of drug-likeness (QED) is 0.874. The first-order valence-corrected chi connectivity index (χ1v) is 7.14. The Kier molecular flexibility index (Phi) is 6.02. The van der Waals surface area contributed by atoms with E-state index in [2.05, 4.69) is 10.6 Å². The highest BCUT2D eigenvalue weighted by Gasteiger charge is 2.14. The molecule has 4 nitrogen and oxygen atoms in total. The summed E-state index contributed by atoms with van der Waals surface area (Å²) in [5, 5.41) is 5.98. The highest BCUT2D eigenvalue weighted by atomic mass is 35.5. The number of carbonyl (C=O) groups is 2. The third-order valence-electron chi connectivity index (χ3n) is 2.99. The molecule has 0 bridgehead atoms. The number of halogens is 1. The maximum Gasteiger partial charge on any atom is 0.253 e. The lowest BCUT2D eigenvalue weighted by atomic mass is 10.1. The van der Waals surface area contributed by atoms with Crippen LogP contribution in [0.5, 0.6) is 0 Å². The van der Waals surface area contributed by atoms with Crippen LogP contribution < -0.4 is 10.6 Å². The highest BCUT2D eigenvalue weighted by molar-refractivity contribution is 6.34. The van der Waals surface area contributed by atoms with E-state index in [0.29, 0.717) is 16.3 Å². The van der Waals surface area contributed by atoms with Gasteiger partial charge in [-0.15, -0.1) is 0 Å². The van der Waals surface area contributed by atoms with Gasteiger partial charge in [-0.25, -0.2) is 0 Å². The van der Waals surface area contributed by atoms with Crippen molar-refractivity contribution in [3.63, 3.8) is 0 Å². The number of nitrogens with one attached hydrogen (secondary N) is 2. The zero-order valence-electron chi connectivity index (χ0n) is 12.3. The second-order valence-corrected chi connectivity index (χ2v) is 5.53. The smallest absolute Gasteiger partial charge is 0.253 e. The van der Waals surface area contributed by atoms with Crippen LogP contribution in [-0.4, -0.2) is 17.9 Å². The number of hydrogen-bond acceptors (Lipinski definition) is 2. The van der Waals surface area contributed by atoms with Crippen molar-refractivity contribution in [1.29, 1.82) is 0 Å². The molecule has 1 aromatic rings. The van der Waals surface area contributed by atoms with Crippen molar-refractivity contribution >= 4 is 29.1 Å². The second-order valence-electron chi connectivity index (χ2n) is 5.12. The molecule has 0 aliphatic heterocycles. The normalized spacial score (nSPS) is 12.1. The summed E-state index contributed by atoms with van der Waals surface area (Å²) in [6, 6.07) is 4.97. The van der Waals surface area contributed by atoms with E-state index in [1.54, 1.807) is 18.2 Å². The predicted molar refractivity (Wildman–Crippen MR) is 82.1 cm³/mol. The zero-order chi connectivity index (χ0) is 15.3. The molecular weight excluding hydrogens is 276 g/mol. The summed E-state index contributed by atoms with van der Waals surface area (Å²) < 4.78 is 0. The van der Waals surface area contributed by atoms with Crippen molar-refractivity contribution in [1.82, 2.24) is 5.32 Å². The van der Waals surface area contributed by atoms with Crippen LogP contribution in [0.15, 0.2) is 18.2 Å². The maximum atomic E-state index is 12.1. The first-order chi connectivity index (χ1) is 9.35. The molecule has 0 heterocycles. The number of benzene rings is 1. The van der Waals surface area contributed by atoms with Crippen LogP contribution in [0.25, 0.3) is 0 Å². The summed E-state index contributed by atoms with van der Waals surface area (Å²) in [6.07, 6.45) is 0.840. The van der Waals surface area contributed by atoms with E-state index in [1.165, 1.54) is 0 Å². The van der Waals surface area contributed by atoms with Gasteiger partial charge in [0.2, 0.25) is 5.91 Å². The summed E-state index contributed by atoms with van der Waals surface area (Å²) in [5.74, 6) is -0.450. The van der Waals surface area contributed by atoms with E-state index >= 15 is 0 Å². The lowest BCUT2D eigenvalue weighted by Crippen LogP contribution is -2.32. The molecule has 1 atom stereocenters. The Morgan fingerprint density at radius 3 is 2.45 bits per heavy atom. The minimum absolute atomic E-state index is 0.0764. The van der Waals surface area contributed by atoms with Gasteiger partial charge in [0.05, 0.1) is 10.6 Å². The Hall–Kier alpha value is -1.55. The molecule has 1 rings (SSSR count). The Morgan fingerprint density at radius 1 is 1.25 bits per heavy atom. The molecule has 0 fully saturated rings. The summed E-state index contributed by atoms with van der Waals surface area (Å²) in [4.78, 5) is 23.8.